The lowest BCUT2D eigenvalue weighted by molar-refractivity contribution is 0.0186. The first-order chi connectivity index (χ1) is 13.2. The molecule has 2 rings (SSSR count). The van der Waals surface area contributed by atoms with Crippen molar-refractivity contribution in [3.8, 4) is 11.5 Å². The molecule has 1 saturated heterocycles. The van der Waals surface area contributed by atoms with E-state index in [0.717, 1.165) is 17.1 Å². The van der Waals surface area contributed by atoms with Gasteiger partial charge >= 0.3 is 6.09 Å². The molecule has 0 aromatic heterocycles. The number of carbonyl (C=O) groups excluding carboxylic acids is 1. The molecule has 1 heterocycles. The first-order valence-electron chi connectivity index (χ1n) is 9.47. The van der Waals surface area contributed by atoms with E-state index in [-0.39, 0.29) is 30.1 Å². The van der Waals surface area contributed by atoms with Crippen LogP contribution in [0.3, 0.4) is 0 Å². The Morgan fingerprint density at radius 2 is 1.72 bits per heavy atom. The number of amides is 1. The van der Waals surface area contributed by atoms with Crippen molar-refractivity contribution in [3.63, 3.8) is 0 Å². The molecule has 1 aliphatic heterocycles. The van der Waals surface area contributed by atoms with Crippen molar-refractivity contribution in [1.82, 2.24) is 9.80 Å². The number of nitrogens with two attached hydrogens (primary N) is 1. The zero-order valence-electron chi connectivity index (χ0n) is 17.9. The van der Waals surface area contributed by atoms with Crippen LogP contribution >= 0.6 is 24.0 Å². The lowest BCUT2D eigenvalue weighted by Gasteiger charge is -2.36. The summed E-state index contributed by atoms with van der Waals surface area (Å²) in [6, 6.07) is 5.70. The Morgan fingerprint density at radius 1 is 1.10 bits per heavy atom. The summed E-state index contributed by atoms with van der Waals surface area (Å²) in [5, 5.41) is 0. The minimum absolute atomic E-state index is 0. The largest absolute Gasteiger partial charge is 0.497 e. The number of nitrogens with zero attached hydrogens (tertiary/aromatic N) is 3. The molecule has 29 heavy (non-hydrogen) atoms. The first-order valence-corrected chi connectivity index (χ1v) is 9.47. The van der Waals surface area contributed by atoms with Crippen molar-refractivity contribution in [2.45, 2.75) is 32.8 Å². The molecule has 0 aliphatic carbocycles. The SMILES string of the molecule is COc1ccc(OC)c(CCN=C(N)N2CCN(C(=O)OC(C)(C)C)CC2)c1.I. The average Bonchev–Trinajstić information content (AvgIpc) is 2.66. The van der Waals surface area contributed by atoms with E-state index < -0.39 is 5.60 Å². The Hall–Kier alpha value is -1.91. The van der Waals surface area contributed by atoms with Gasteiger partial charge in [-0.1, -0.05) is 0 Å². The third-order valence-corrected chi connectivity index (χ3v) is 4.40. The molecule has 1 aromatic carbocycles. The molecule has 1 amide bonds. The summed E-state index contributed by atoms with van der Waals surface area (Å²) in [5.41, 5.74) is 6.68. The Kier molecular flexibility index (Phi) is 9.81. The van der Waals surface area contributed by atoms with E-state index in [2.05, 4.69) is 4.99 Å². The summed E-state index contributed by atoms with van der Waals surface area (Å²) in [6.07, 6.45) is 0.409. The van der Waals surface area contributed by atoms with Crippen LogP contribution in [0.4, 0.5) is 4.79 Å². The monoisotopic (exact) mass is 520 g/mol. The van der Waals surface area contributed by atoms with Crippen LogP contribution < -0.4 is 15.2 Å². The van der Waals surface area contributed by atoms with Gasteiger partial charge in [-0.2, -0.15) is 0 Å². The molecule has 0 bridgehead atoms. The van der Waals surface area contributed by atoms with Crippen molar-refractivity contribution in [1.29, 1.82) is 0 Å². The summed E-state index contributed by atoms with van der Waals surface area (Å²) in [7, 11) is 3.28. The van der Waals surface area contributed by atoms with Crippen LogP contribution in [0.1, 0.15) is 26.3 Å². The number of benzene rings is 1. The van der Waals surface area contributed by atoms with Crippen molar-refractivity contribution in [2.24, 2.45) is 10.7 Å². The Morgan fingerprint density at radius 3 is 2.28 bits per heavy atom. The predicted molar refractivity (Wildman–Crippen MR) is 125 cm³/mol. The van der Waals surface area contributed by atoms with Gasteiger partial charge in [0.05, 0.1) is 14.2 Å². The number of carbonyl (C=O) groups is 1. The summed E-state index contributed by atoms with van der Waals surface area (Å²) in [5.74, 6) is 2.08. The molecule has 164 valence electrons. The van der Waals surface area contributed by atoms with Gasteiger partial charge in [0, 0.05) is 32.7 Å². The molecule has 0 saturated carbocycles. The number of aliphatic imine (C=N–C) groups is 1. The van der Waals surface area contributed by atoms with Gasteiger partial charge in [-0.3, -0.25) is 4.99 Å². The number of hydrogen-bond acceptors (Lipinski definition) is 5. The van der Waals surface area contributed by atoms with Gasteiger partial charge in [0.25, 0.3) is 0 Å². The second-order valence-electron chi connectivity index (χ2n) is 7.62. The fraction of sp³-hybridized carbons (Fsp3) is 0.600. The van der Waals surface area contributed by atoms with E-state index in [0.29, 0.717) is 45.1 Å². The highest BCUT2D eigenvalue weighted by molar-refractivity contribution is 14.0. The molecule has 1 aromatic rings. The molecule has 8 nitrogen and oxygen atoms in total. The quantitative estimate of drug-likeness (QED) is 0.365. The number of piperazine rings is 1. The van der Waals surface area contributed by atoms with Crippen molar-refractivity contribution >= 4 is 36.0 Å². The number of guanidine groups is 1. The summed E-state index contributed by atoms with van der Waals surface area (Å²) < 4.78 is 16.1. The maximum Gasteiger partial charge on any atom is 0.410 e. The van der Waals surface area contributed by atoms with Gasteiger partial charge in [0.1, 0.15) is 17.1 Å². The normalized spacial score (nSPS) is 14.9. The molecule has 0 spiro atoms. The molecule has 1 aliphatic rings. The predicted octanol–water partition coefficient (Wildman–Crippen LogP) is 2.73. The summed E-state index contributed by atoms with van der Waals surface area (Å²) in [6.45, 7) is 8.54. The van der Waals surface area contributed by atoms with Crippen LogP contribution in [0.15, 0.2) is 23.2 Å². The van der Waals surface area contributed by atoms with Gasteiger partial charge in [-0.05, 0) is 51.0 Å². The highest BCUT2D eigenvalue weighted by Crippen LogP contribution is 2.24. The summed E-state index contributed by atoms with van der Waals surface area (Å²) >= 11 is 0. The molecule has 2 N–H and O–H groups in total. The second-order valence-corrected chi connectivity index (χ2v) is 7.62. The maximum atomic E-state index is 12.1. The van der Waals surface area contributed by atoms with Gasteiger partial charge in [-0.15, -0.1) is 24.0 Å². The fourth-order valence-corrected chi connectivity index (χ4v) is 2.91. The maximum absolute atomic E-state index is 12.1. The van der Waals surface area contributed by atoms with Crippen molar-refractivity contribution < 1.29 is 19.0 Å². The van der Waals surface area contributed by atoms with Crippen LogP contribution in [-0.2, 0) is 11.2 Å². The van der Waals surface area contributed by atoms with Gasteiger partial charge < -0.3 is 29.7 Å². The third-order valence-electron chi connectivity index (χ3n) is 4.40. The van der Waals surface area contributed by atoms with Gasteiger partial charge in [-0.25, -0.2) is 4.79 Å². The molecule has 0 unspecified atom stereocenters. The second kappa shape index (κ2) is 11.3. The topological polar surface area (TPSA) is 89.6 Å². The third kappa shape index (κ3) is 7.79. The van der Waals surface area contributed by atoms with Crippen LogP contribution in [0.5, 0.6) is 11.5 Å². The van der Waals surface area contributed by atoms with E-state index in [4.69, 9.17) is 19.9 Å². The van der Waals surface area contributed by atoms with Crippen LogP contribution in [0, 0.1) is 0 Å². The molecular weight excluding hydrogens is 487 g/mol. The van der Waals surface area contributed by atoms with E-state index in [1.54, 1.807) is 19.1 Å². The highest BCUT2D eigenvalue weighted by atomic mass is 127. The minimum atomic E-state index is -0.490. The number of halogens is 1. The molecule has 1 fully saturated rings. The lowest BCUT2D eigenvalue weighted by Crippen LogP contribution is -2.53. The van der Waals surface area contributed by atoms with Crippen molar-refractivity contribution in [2.75, 3.05) is 46.9 Å². The first kappa shape index (κ1) is 25.1. The Bertz CT molecular complexity index is 698. The van der Waals surface area contributed by atoms with Gasteiger partial charge in [0.15, 0.2) is 5.96 Å². The smallest absolute Gasteiger partial charge is 0.410 e. The lowest BCUT2D eigenvalue weighted by atomic mass is 10.1. The average molecular weight is 520 g/mol. The molecule has 0 radical (unpaired) electrons. The fourth-order valence-electron chi connectivity index (χ4n) is 2.91. The van der Waals surface area contributed by atoms with Crippen LogP contribution in [-0.4, -0.2) is 74.4 Å². The molecular formula is C20H33IN4O4. The summed E-state index contributed by atoms with van der Waals surface area (Å²) in [4.78, 5) is 20.3. The standard InChI is InChI=1S/C20H32N4O4.HI/c1-20(2,3)28-19(25)24-12-10-23(11-13-24)18(21)22-9-8-15-14-16(26-4)6-7-17(15)27-5;/h6-7,14H,8-13H2,1-5H3,(H2,21,22);1H. The van der Waals surface area contributed by atoms with Gasteiger partial charge in [0.2, 0.25) is 0 Å². The zero-order chi connectivity index (χ0) is 20.7. The Balaban J connectivity index is 0.00000420. The Labute approximate surface area is 190 Å². The van der Waals surface area contributed by atoms with Crippen LogP contribution in [0.25, 0.3) is 0 Å². The zero-order valence-corrected chi connectivity index (χ0v) is 20.3. The van der Waals surface area contributed by atoms with E-state index in [9.17, 15) is 4.79 Å². The number of hydrogen-bond donors (Lipinski definition) is 1. The number of rotatable bonds is 5. The van der Waals surface area contributed by atoms with Crippen LogP contribution in [0.2, 0.25) is 0 Å². The van der Waals surface area contributed by atoms with E-state index in [1.165, 1.54) is 0 Å². The number of ether oxygens (including phenoxy) is 3. The molecule has 0 atom stereocenters. The van der Waals surface area contributed by atoms with E-state index >= 15 is 0 Å². The highest BCUT2D eigenvalue weighted by Gasteiger charge is 2.26. The van der Waals surface area contributed by atoms with Crippen molar-refractivity contribution in [3.05, 3.63) is 23.8 Å². The molecule has 9 heteroatoms. The number of methoxy groups -OCH3 is 2. The van der Waals surface area contributed by atoms with E-state index in [1.807, 2.05) is 43.9 Å². The minimum Gasteiger partial charge on any atom is -0.497 e.